The van der Waals surface area contributed by atoms with E-state index in [2.05, 4.69) is 18.0 Å². The van der Waals surface area contributed by atoms with E-state index in [1.165, 1.54) is 180 Å². The zero-order chi connectivity index (χ0) is 30.1. The fourth-order valence-corrected chi connectivity index (χ4v) is 6.46. The van der Waals surface area contributed by atoms with Gasteiger partial charge in [0.05, 0.1) is 6.61 Å². The van der Waals surface area contributed by atoms with Gasteiger partial charge >= 0.3 is 29.6 Å². The maximum atomic E-state index is 11.0. The number of rotatable bonds is 35. The Balaban J connectivity index is 0. The predicted octanol–water partition coefficient (Wildman–Crippen LogP) is 9.61. The van der Waals surface area contributed by atoms with Gasteiger partial charge in [0.2, 0.25) is 10.4 Å². The summed E-state index contributed by atoms with van der Waals surface area (Å²) in [5, 5.41) is 0. The van der Waals surface area contributed by atoms with Gasteiger partial charge in [-0.3, -0.25) is 4.18 Å². The molecule has 0 heterocycles. The summed E-state index contributed by atoms with van der Waals surface area (Å²) in [6, 6.07) is 0. The van der Waals surface area contributed by atoms with Crippen LogP contribution >= 0.6 is 0 Å². The van der Waals surface area contributed by atoms with E-state index in [-0.39, 0.29) is 42.1 Å². The Labute approximate surface area is 287 Å². The third-order valence-electron chi connectivity index (χ3n) is 8.88. The fraction of sp³-hybridized carbons (Fsp3) is 1.00. The average molecular weight is 625 g/mol. The van der Waals surface area contributed by atoms with Gasteiger partial charge in [-0.15, -0.1) is 0 Å². The van der Waals surface area contributed by atoms with Gasteiger partial charge in [0, 0.05) is 0 Å². The second kappa shape index (κ2) is 36.3. The standard InChI is InChI=1S/C36H74O4S.Na/c1-3-5-7-9-11-13-15-17-19-20-22-24-26-28-30-32-34-36(35-40-41(37,38)39)33-31-29-27-25-23-21-18-16-14-12-10-8-6-4-2;/h36H,3-35H2,1-2H3,(H,37,38,39);/q;+1/p-1. The van der Waals surface area contributed by atoms with Gasteiger partial charge in [0.1, 0.15) is 0 Å². The first-order chi connectivity index (χ1) is 20.0. The predicted molar refractivity (Wildman–Crippen MR) is 178 cm³/mol. The minimum atomic E-state index is -4.59. The Hall–Kier alpha value is 0.870. The molecule has 0 aliphatic rings. The fourth-order valence-electron chi connectivity index (χ4n) is 6.10. The Kier molecular flexibility index (Phi) is 38.9. The second-order valence-electron chi connectivity index (χ2n) is 13.0. The van der Waals surface area contributed by atoms with Crippen LogP contribution in [0.1, 0.15) is 219 Å². The van der Waals surface area contributed by atoms with E-state index in [4.69, 9.17) is 0 Å². The van der Waals surface area contributed by atoms with Gasteiger partial charge < -0.3 is 4.55 Å². The molecule has 1 atom stereocenters. The van der Waals surface area contributed by atoms with Crippen LogP contribution < -0.4 is 29.6 Å². The molecule has 0 saturated carbocycles. The molecule has 0 spiro atoms. The van der Waals surface area contributed by atoms with Crippen molar-refractivity contribution < 1.29 is 46.7 Å². The van der Waals surface area contributed by atoms with Crippen molar-refractivity contribution in [2.45, 2.75) is 219 Å². The average Bonchev–Trinajstić information content (AvgIpc) is 2.94. The Bertz CT molecular complexity index is 599. The molecule has 0 aliphatic heterocycles. The first kappa shape index (κ1) is 45.0. The summed E-state index contributed by atoms with van der Waals surface area (Å²) in [7, 11) is -4.59. The van der Waals surface area contributed by atoms with Crippen LogP contribution in [0.4, 0.5) is 0 Å². The summed E-state index contributed by atoms with van der Waals surface area (Å²) in [6.45, 7) is 4.63. The Morgan fingerprint density at radius 2 is 0.643 bits per heavy atom. The molecule has 0 aliphatic carbocycles. The molecular weight excluding hydrogens is 551 g/mol. The smallest absolute Gasteiger partial charge is 0.726 e. The SMILES string of the molecule is CCCCCCCCCCCCCCCCCCC(CCCCCCCCCCCCCCCC)COS(=O)(=O)[O-].[Na+]. The second-order valence-corrected chi connectivity index (χ2v) is 14.1. The van der Waals surface area contributed by atoms with Crippen molar-refractivity contribution in [3.05, 3.63) is 0 Å². The van der Waals surface area contributed by atoms with E-state index in [0.29, 0.717) is 0 Å². The van der Waals surface area contributed by atoms with E-state index in [1.807, 2.05) is 0 Å². The summed E-state index contributed by atoms with van der Waals surface area (Å²) in [5.74, 6) is 0.197. The summed E-state index contributed by atoms with van der Waals surface area (Å²) in [6.07, 6.45) is 42.4. The minimum Gasteiger partial charge on any atom is -0.726 e. The third-order valence-corrected chi connectivity index (χ3v) is 9.30. The topological polar surface area (TPSA) is 66.4 Å². The molecule has 6 heteroatoms. The van der Waals surface area contributed by atoms with Crippen LogP contribution in [0.5, 0.6) is 0 Å². The molecule has 0 N–H and O–H groups in total. The molecule has 0 aromatic carbocycles. The zero-order valence-electron chi connectivity index (χ0n) is 29.0. The zero-order valence-corrected chi connectivity index (χ0v) is 31.8. The number of unbranched alkanes of at least 4 members (excludes halogenated alkanes) is 28. The molecular formula is C36H73NaO4S. The van der Waals surface area contributed by atoms with Crippen molar-refractivity contribution >= 4 is 10.4 Å². The molecule has 0 amide bonds. The van der Waals surface area contributed by atoms with Gasteiger partial charge in [-0.2, -0.15) is 0 Å². The molecule has 0 bridgehead atoms. The van der Waals surface area contributed by atoms with E-state index in [1.54, 1.807) is 0 Å². The van der Waals surface area contributed by atoms with Crippen LogP contribution in [0.25, 0.3) is 0 Å². The molecule has 0 aromatic heterocycles. The van der Waals surface area contributed by atoms with Crippen LogP contribution in [-0.4, -0.2) is 19.6 Å². The first-order valence-corrected chi connectivity index (χ1v) is 19.9. The van der Waals surface area contributed by atoms with Crippen molar-refractivity contribution in [3.8, 4) is 0 Å². The van der Waals surface area contributed by atoms with Gasteiger partial charge in [0.25, 0.3) is 0 Å². The first-order valence-electron chi connectivity index (χ1n) is 18.6. The summed E-state index contributed by atoms with van der Waals surface area (Å²) in [5.41, 5.74) is 0. The van der Waals surface area contributed by atoms with Gasteiger partial charge in [-0.05, 0) is 18.8 Å². The largest absolute Gasteiger partial charge is 1.00 e. The van der Waals surface area contributed by atoms with E-state index >= 15 is 0 Å². The van der Waals surface area contributed by atoms with E-state index in [0.717, 1.165) is 25.7 Å². The molecule has 0 aromatic rings. The Morgan fingerprint density at radius 1 is 0.429 bits per heavy atom. The van der Waals surface area contributed by atoms with Crippen molar-refractivity contribution in [3.63, 3.8) is 0 Å². The van der Waals surface area contributed by atoms with Gasteiger partial charge in [0.15, 0.2) is 0 Å². The summed E-state index contributed by atoms with van der Waals surface area (Å²) >= 11 is 0. The van der Waals surface area contributed by atoms with Crippen LogP contribution in [0.15, 0.2) is 0 Å². The van der Waals surface area contributed by atoms with Crippen molar-refractivity contribution in [2.24, 2.45) is 5.92 Å². The molecule has 0 fully saturated rings. The van der Waals surface area contributed by atoms with Crippen LogP contribution in [0.3, 0.4) is 0 Å². The van der Waals surface area contributed by atoms with Crippen LogP contribution in [-0.2, 0) is 14.6 Å². The van der Waals surface area contributed by atoms with Gasteiger partial charge in [-0.1, -0.05) is 206 Å². The maximum absolute atomic E-state index is 11.0. The summed E-state index contributed by atoms with van der Waals surface area (Å²) < 4.78 is 37.6. The van der Waals surface area contributed by atoms with E-state index < -0.39 is 10.4 Å². The molecule has 1 unspecified atom stereocenters. The molecule has 248 valence electrons. The normalized spacial score (nSPS) is 12.5. The van der Waals surface area contributed by atoms with Crippen molar-refractivity contribution in [1.29, 1.82) is 0 Å². The van der Waals surface area contributed by atoms with Crippen molar-refractivity contribution in [1.82, 2.24) is 0 Å². The Morgan fingerprint density at radius 3 is 0.857 bits per heavy atom. The molecule has 0 rings (SSSR count). The van der Waals surface area contributed by atoms with Crippen LogP contribution in [0.2, 0.25) is 0 Å². The molecule has 4 nitrogen and oxygen atoms in total. The molecule has 42 heavy (non-hydrogen) atoms. The molecule has 0 saturated heterocycles. The maximum Gasteiger partial charge on any atom is 1.00 e. The minimum absolute atomic E-state index is 0. The van der Waals surface area contributed by atoms with Crippen molar-refractivity contribution in [2.75, 3.05) is 6.61 Å². The van der Waals surface area contributed by atoms with E-state index in [9.17, 15) is 13.0 Å². The third kappa shape index (κ3) is 38.9. The quantitative estimate of drug-likeness (QED) is 0.0305. The van der Waals surface area contributed by atoms with Crippen LogP contribution in [0, 0.1) is 5.92 Å². The molecule has 0 radical (unpaired) electrons. The number of hydrogen-bond donors (Lipinski definition) is 0. The number of hydrogen-bond acceptors (Lipinski definition) is 4. The van der Waals surface area contributed by atoms with Gasteiger partial charge in [-0.25, -0.2) is 8.42 Å². The summed E-state index contributed by atoms with van der Waals surface area (Å²) in [4.78, 5) is 0. The monoisotopic (exact) mass is 625 g/mol.